The Morgan fingerprint density at radius 3 is 2.25 bits per heavy atom. The zero-order valence-corrected chi connectivity index (χ0v) is 12.4. The van der Waals surface area contributed by atoms with Crippen molar-refractivity contribution in [2.24, 2.45) is 5.73 Å². The van der Waals surface area contributed by atoms with Gasteiger partial charge in [0.2, 0.25) is 5.91 Å². The van der Waals surface area contributed by atoms with E-state index in [4.69, 9.17) is 28.9 Å². The number of carbonyl (C=O) groups excluding carboxylic acids is 1. The first-order chi connectivity index (χ1) is 9.47. The Balaban J connectivity index is 2.31. The highest BCUT2D eigenvalue weighted by atomic mass is 35.5. The van der Waals surface area contributed by atoms with Crippen LogP contribution in [-0.4, -0.2) is 5.91 Å². The van der Waals surface area contributed by atoms with Gasteiger partial charge in [-0.2, -0.15) is 0 Å². The first-order valence-electron chi connectivity index (χ1n) is 6.05. The Morgan fingerprint density at radius 1 is 1.10 bits per heavy atom. The van der Waals surface area contributed by atoms with E-state index in [0.29, 0.717) is 10.0 Å². The molecule has 3 nitrogen and oxygen atoms in total. The number of nitrogens with two attached hydrogens (primary N) is 1. The zero-order chi connectivity index (χ0) is 14.7. The molecular weight excluding hydrogens is 295 g/mol. The molecule has 0 heterocycles. The SMILES string of the molecule is Cc1cc(Cl)ccc1C(Nc1ccc(Cl)cc1)C(N)=O. The van der Waals surface area contributed by atoms with Crippen molar-refractivity contribution >= 4 is 34.8 Å². The van der Waals surface area contributed by atoms with Crippen molar-refractivity contribution in [3.63, 3.8) is 0 Å². The number of anilines is 1. The topological polar surface area (TPSA) is 55.1 Å². The number of halogens is 2. The molecule has 1 atom stereocenters. The van der Waals surface area contributed by atoms with Gasteiger partial charge < -0.3 is 11.1 Å². The molecule has 104 valence electrons. The van der Waals surface area contributed by atoms with Gasteiger partial charge in [-0.3, -0.25) is 4.79 Å². The fourth-order valence-electron chi connectivity index (χ4n) is 1.98. The molecule has 0 aliphatic carbocycles. The van der Waals surface area contributed by atoms with Crippen molar-refractivity contribution in [1.82, 2.24) is 0 Å². The van der Waals surface area contributed by atoms with Gasteiger partial charge in [0.1, 0.15) is 6.04 Å². The van der Waals surface area contributed by atoms with Gasteiger partial charge in [-0.05, 0) is 54.4 Å². The van der Waals surface area contributed by atoms with Crippen LogP contribution in [0.1, 0.15) is 17.2 Å². The van der Waals surface area contributed by atoms with Gasteiger partial charge in [0.15, 0.2) is 0 Å². The molecule has 5 heteroatoms. The van der Waals surface area contributed by atoms with Crippen molar-refractivity contribution < 1.29 is 4.79 Å². The van der Waals surface area contributed by atoms with Gasteiger partial charge in [-0.25, -0.2) is 0 Å². The molecule has 0 aliphatic heterocycles. The van der Waals surface area contributed by atoms with E-state index in [-0.39, 0.29) is 0 Å². The molecule has 0 saturated heterocycles. The summed E-state index contributed by atoms with van der Waals surface area (Å²) >= 11 is 11.8. The lowest BCUT2D eigenvalue weighted by Gasteiger charge is -2.19. The van der Waals surface area contributed by atoms with E-state index in [1.807, 2.05) is 6.92 Å². The monoisotopic (exact) mass is 308 g/mol. The smallest absolute Gasteiger partial charge is 0.244 e. The Bertz CT molecular complexity index is 626. The van der Waals surface area contributed by atoms with E-state index in [2.05, 4.69) is 5.32 Å². The summed E-state index contributed by atoms with van der Waals surface area (Å²) in [6, 6.07) is 11.8. The van der Waals surface area contributed by atoms with E-state index < -0.39 is 11.9 Å². The third-order valence-corrected chi connectivity index (χ3v) is 3.47. The summed E-state index contributed by atoms with van der Waals surface area (Å²) in [6.07, 6.45) is 0. The van der Waals surface area contributed by atoms with Crippen LogP contribution in [0.25, 0.3) is 0 Å². The van der Waals surface area contributed by atoms with E-state index >= 15 is 0 Å². The quantitative estimate of drug-likeness (QED) is 0.899. The number of nitrogens with one attached hydrogen (secondary N) is 1. The lowest BCUT2D eigenvalue weighted by atomic mass is 10.0. The molecule has 2 rings (SSSR count). The molecule has 0 spiro atoms. The molecular formula is C15H14Cl2N2O. The first-order valence-corrected chi connectivity index (χ1v) is 6.80. The number of rotatable bonds is 4. The predicted octanol–water partition coefficient (Wildman–Crippen LogP) is 3.94. The summed E-state index contributed by atoms with van der Waals surface area (Å²) in [7, 11) is 0. The Labute approximate surface area is 127 Å². The van der Waals surface area contributed by atoms with Crippen LogP contribution in [0.2, 0.25) is 10.0 Å². The van der Waals surface area contributed by atoms with Crippen LogP contribution in [-0.2, 0) is 4.79 Å². The zero-order valence-electron chi connectivity index (χ0n) is 10.9. The Morgan fingerprint density at radius 2 is 1.70 bits per heavy atom. The van der Waals surface area contributed by atoms with E-state index in [0.717, 1.165) is 16.8 Å². The molecule has 1 unspecified atom stereocenters. The first kappa shape index (κ1) is 14.7. The van der Waals surface area contributed by atoms with Crippen molar-refractivity contribution in [2.75, 3.05) is 5.32 Å². The third kappa shape index (κ3) is 3.44. The summed E-state index contributed by atoms with van der Waals surface area (Å²) in [5, 5.41) is 4.37. The molecule has 2 aromatic rings. The maximum Gasteiger partial charge on any atom is 0.244 e. The summed E-state index contributed by atoms with van der Waals surface area (Å²) in [6.45, 7) is 1.89. The Kier molecular flexibility index (Phi) is 4.53. The van der Waals surface area contributed by atoms with Gasteiger partial charge >= 0.3 is 0 Å². The second kappa shape index (κ2) is 6.16. The Hall–Kier alpha value is -1.71. The molecule has 20 heavy (non-hydrogen) atoms. The predicted molar refractivity (Wildman–Crippen MR) is 83.2 cm³/mol. The maximum absolute atomic E-state index is 11.7. The number of primary amides is 1. The number of amides is 1. The van der Waals surface area contributed by atoms with Crippen LogP contribution < -0.4 is 11.1 Å². The standard InChI is InChI=1S/C15H14Cl2N2O/c1-9-8-11(17)4-7-13(9)14(15(18)20)19-12-5-2-10(16)3-6-12/h2-8,14,19H,1H3,(H2,18,20). The summed E-state index contributed by atoms with van der Waals surface area (Å²) in [5.74, 6) is -0.453. The third-order valence-electron chi connectivity index (χ3n) is 2.98. The van der Waals surface area contributed by atoms with Crippen LogP contribution in [0.15, 0.2) is 42.5 Å². The maximum atomic E-state index is 11.7. The van der Waals surface area contributed by atoms with Gasteiger partial charge in [-0.1, -0.05) is 29.3 Å². The minimum Gasteiger partial charge on any atom is -0.370 e. The van der Waals surface area contributed by atoms with Gasteiger partial charge in [0, 0.05) is 15.7 Å². The van der Waals surface area contributed by atoms with Crippen LogP contribution in [0, 0.1) is 6.92 Å². The van der Waals surface area contributed by atoms with E-state index in [1.165, 1.54) is 0 Å². The van der Waals surface area contributed by atoms with Crippen molar-refractivity contribution in [3.05, 3.63) is 63.6 Å². The minimum absolute atomic E-state index is 0.453. The number of aryl methyl sites for hydroxylation is 1. The second-order valence-corrected chi connectivity index (χ2v) is 5.36. The highest BCUT2D eigenvalue weighted by Gasteiger charge is 2.19. The number of benzene rings is 2. The van der Waals surface area contributed by atoms with Crippen LogP contribution in [0.4, 0.5) is 5.69 Å². The highest BCUT2D eigenvalue weighted by Crippen LogP contribution is 2.25. The van der Waals surface area contributed by atoms with E-state index in [1.54, 1.807) is 42.5 Å². The van der Waals surface area contributed by atoms with Crippen LogP contribution in [0.5, 0.6) is 0 Å². The summed E-state index contributed by atoms with van der Waals surface area (Å²) < 4.78 is 0. The molecule has 2 aromatic carbocycles. The van der Waals surface area contributed by atoms with E-state index in [9.17, 15) is 4.79 Å². The number of hydrogen-bond donors (Lipinski definition) is 2. The largest absolute Gasteiger partial charge is 0.370 e. The van der Waals surface area contributed by atoms with Crippen molar-refractivity contribution in [2.45, 2.75) is 13.0 Å². The molecule has 0 aliphatic rings. The minimum atomic E-state index is -0.617. The molecule has 0 fully saturated rings. The fourth-order valence-corrected chi connectivity index (χ4v) is 2.33. The fraction of sp³-hybridized carbons (Fsp3) is 0.133. The molecule has 0 bridgehead atoms. The highest BCUT2D eigenvalue weighted by molar-refractivity contribution is 6.30. The molecule has 0 radical (unpaired) electrons. The summed E-state index contributed by atoms with van der Waals surface area (Å²) in [5.41, 5.74) is 7.97. The van der Waals surface area contributed by atoms with Crippen molar-refractivity contribution in [1.29, 1.82) is 0 Å². The normalized spacial score (nSPS) is 11.9. The van der Waals surface area contributed by atoms with Gasteiger partial charge in [0.25, 0.3) is 0 Å². The molecule has 3 N–H and O–H groups in total. The lowest BCUT2D eigenvalue weighted by Crippen LogP contribution is -2.28. The van der Waals surface area contributed by atoms with Crippen LogP contribution >= 0.6 is 23.2 Å². The second-order valence-electron chi connectivity index (χ2n) is 4.49. The lowest BCUT2D eigenvalue weighted by molar-refractivity contribution is -0.118. The van der Waals surface area contributed by atoms with Crippen molar-refractivity contribution in [3.8, 4) is 0 Å². The molecule has 0 saturated carbocycles. The van der Waals surface area contributed by atoms with Gasteiger partial charge in [-0.15, -0.1) is 0 Å². The van der Waals surface area contributed by atoms with Crippen LogP contribution in [0.3, 0.4) is 0 Å². The van der Waals surface area contributed by atoms with Gasteiger partial charge in [0.05, 0.1) is 0 Å². The molecule has 0 aromatic heterocycles. The average molecular weight is 309 g/mol. The summed E-state index contributed by atoms with van der Waals surface area (Å²) in [4.78, 5) is 11.7. The number of hydrogen-bond acceptors (Lipinski definition) is 2. The molecule has 1 amide bonds. The number of carbonyl (C=O) groups is 1. The average Bonchev–Trinajstić information content (AvgIpc) is 2.39.